The Morgan fingerprint density at radius 1 is 1.30 bits per heavy atom. The van der Waals surface area contributed by atoms with Gasteiger partial charge in [0.15, 0.2) is 0 Å². The van der Waals surface area contributed by atoms with Crippen LogP contribution in [0.15, 0.2) is 24.3 Å². The van der Waals surface area contributed by atoms with E-state index in [1.807, 2.05) is 0 Å². The molecule has 0 radical (unpaired) electrons. The van der Waals surface area contributed by atoms with Crippen LogP contribution in [0.5, 0.6) is 0 Å². The molecule has 1 aromatic rings. The molecular weight excluding hydrogens is 301 g/mol. The predicted molar refractivity (Wildman–Crippen MR) is 81.9 cm³/mol. The van der Waals surface area contributed by atoms with E-state index in [2.05, 4.69) is 10.6 Å². The summed E-state index contributed by atoms with van der Waals surface area (Å²) in [6.45, 7) is 2.70. The number of nitrogens with zero attached hydrogens (tertiary/aromatic N) is 1. The maximum Gasteiger partial charge on any atom is 0.245 e. The maximum absolute atomic E-state index is 12.8. The molecule has 0 bridgehead atoms. The van der Waals surface area contributed by atoms with Crippen LogP contribution in [0.1, 0.15) is 18.9 Å². The molecule has 1 saturated heterocycles. The third kappa shape index (κ3) is 5.05. The number of rotatable bonds is 6. The van der Waals surface area contributed by atoms with Gasteiger partial charge in [0.2, 0.25) is 17.7 Å². The number of hydrogen-bond donors (Lipinski definition) is 2. The molecule has 1 aliphatic rings. The molecule has 1 unspecified atom stereocenters. The van der Waals surface area contributed by atoms with Gasteiger partial charge in [-0.1, -0.05) is 12.1 Å². The van der Waals surface area contributed by atoms with E-state index in [9.17, 15) is 18.8 Å². The van der Waals surface area contributed by atoms with Crippen molar-refractivity contribution in [2.75, 3.05) is 19.6 Å². The number of halogens is 1. The Balaban J connectivity index is 1.70. The van der Waals surface area contributed by atoms with E-state index < -0.39 is 6.04 Å². The number of benzene rings is 1. The highest BCUT2D eigenvalue weighted by atomic mass is 19.1. The Bertz CT molecular complexity index is 589. The number of carbonyl (C=O) groups excluding carboxylic acids is 3. The highest BCUT2D eigenvalue weighted by Crippen LogP contribution is 2.10. The van der Waals surface area contributed by atoms with Crippen LogP contribution in [-0.4, -0.2) is 48.3 Å². The van der Waals surface area contributed by atoms with Crippen molar-refractivity contribution in [2.24, 2.45) is 0 Å². The molecule has 2 rings (SSSR count). The number of hydrogen-bond acceptors (Lipinski definition) is 3. The molecule has 1 heterocycles. The van der Waals surface area contributed by atoms with Crippen LogP contribution in [0.3, 0.4) is 0 Å². The molecule has 7 heteroatoms. The fourth-order valence-corrected chi connectivity index (χ4v) is 2.52. The van der Waals surface area contributed by atoms with Crippen LogP contribution in [-0.2, 0) is 20.8 Å². The van der Waals surface area contributed by atoms with Gasteiger partial charge in [0.05, 0.1) is 6.42 Å². The van der Waals surface area contributed by atoms with E-state index in [1.165, 1.54) is 19.1 Å². The highest BCUT2D eigenvalue weighted by Gasteiger charge is 2.31. The van der Waals surface area contributed by atoms with E-state index in [1.54, 1.807) is 17.0 Å². The molecule has 1 aliphatic heterocycles. The van der Waals surface area contributed by atoms with Crippen molar-refractivity contribution < 1.29 is 18.8 Å². The lowest BCUT2D eigenvalue weighted by Crippen LogP contribution is -2.42. The number of likely N-dealkylation sites (tertiary alicyclic amines) is 1. The topological polar surface area (TPSA) is 78.5 Å². The first-order valence-corrected chi connectivity index (χ1v) is 7.53. The summed E-state index contributed by atoms with van der Waals surface area (Å²) in [5.41, 5.74) is 0.729. The molecule has 0 aliphatic carbocycles. The smallest absolute Gasteiger partial charge is 0.245 e. The van der Waals surface area contributed by atoms with Crippen LogP contribution in [0, 0.1) is 5.82 Å². The molecule has 0 aromatic heterocycles. The molecule has 0 spiro atoms. The first-order chi connectivity index (χ1) is 11.0. The Morgan fingerprint density at radius 2 is 2.00 bits per heavy atom. The average Bonchev–Trinajstić information content (AvgIpc) is 2.82. The zero-order valence-electron chi connectivity index (χ0n) is 13.0. The molecule has 23 heavy (non-hydrogen) atoms. The van der Waals surface area contributed by atoms with Crippen molar-refractivity contribution >= 4 is 17.7 Å². The van der Waals surface area contributed by atoms with E-state index in [0.717, 1.165) is 5.56 Å². The molecule has 6 nitrogen and oxygen atoms in total. The van der Waals surface area contributed by atoms with Gasteiger partial charge in [-0.25, -0.2) is 4.39 Å². The van der Waals surface area contributed by atoms with Crippen LogP contribution in [0.2, 0.25) is 0 Å². The summed E-state index contributed by atoms with van der Waals surface area (Å²) in [5.74, 6) is -0.858. The summed E-state index contributed by atoms with van der Waals surface area (Å²) < 4.78 is 12.8. The zero-order valence-corrected chi connectivity index (χ0v) is 13.0. The van der Waals surface area contributed by atoms with Crippen LogP contribution < -0.4 is 10.6 Å². The summed E-state index contributed by atoms with van der Waals surface area (Å²) in [6, 6.07) is 5.30. The molecule has 1 aromatic carbocycles. The second-order valence-corrected chi connectivity index (χ2v) is 5.52. The van der Waals surface area contributed by atoms with E-state index >= 15 is 0 Å². The van der Waals surface area contributed by atoms with Gasteiger partial charge >= 0.3 is 0 Å². The van der Waals surface area contributed by atoms with Gasteiger partial charge in [-0.15, -0.1) is 0 Å². The van der Waals surface area contributed by atoms with Crippen LogP contribution >= 0.6 is 0 Å². The third-order valence-electron chi connectivity index (χ3n) is 3.66. The largest absolute Gasteiger partial charge is 0.354 e. The third-order valence-corrected chi connectivity index (χ3v) is 3.66. The van der Waals surface area contributed by atoms with Crippen molar-refractivity contribution in [3.63, 3.8) is 0 Å². The summed E-state index contributed by atoms with van der Waals surface area (Å²) >= 11 is 0. The second-order valence-electron chi connectivity index (χ2n) is 5.52. The van der Waals surface area contributed by atoms with Gasteiger partial charge in [0.25, 0.3) is 0 Å². The Morgan fingerprint density at radius 3 is 2.65 bits per heavy atom. The normalized spacial score (nSPS) is 17.2. The van der Waals surface area contributed by atoms with Crippen molar-refractivity contribution in [2.45, 2.75) is 25.8 Å². The molecule has 124 valence electrons. The first kappa shape index (κ1) is 16.9. The van der Waals surface area contributed by atoms with Gasteiger partial charge in [-0.05, 0) is 24.1 Å². The lowest BCUT2D eigenvalue weighted by atomic mass is 10.1. The summed E-state index contributed by atoms with van der Waals surface area (Å²) in [4.78, 5) is 36.4. The van der Waals surface area contributed by atoms with Crippen molar-refractivity contribution in [3.05, 3.63) is 35.6 Å². The van der Waals surface area contributed by atoms with E-state index in [-0.39, 0.29) is 30.0 Å². The molecular formula is C16H20FN3O3. The molecule has 3 amide bonds. The number of amides is 3. The Hall–Kier alpha value is -2.44. The first-order valence-electron chi connectivity index (χ1n) is 7.53. The monoisotopic (exact) mass is 321 g/mol. The summed E-state index contributed by atoms with van der Waals surface area (Å²) in [6.07, 6.45) is 0.755. The summed E-state index contributed by atoms with van der Waals surface area (Å²) in [7, 11) is 0. The van der Waals surface area contributed by atoms with Crippen molar-refractivity contribution in [1.82, 2.24) is 15.5 Å². The second kappa shape index (κ2) is 7.71. The molecule has 0 saturated carbocycles. The van der Waals surface area contributed by atoms with Gasteiger partial charge in [-0.3, -0.25) is 14.4 Å². The minimum absolute atomic E-state index is 0.118. The Kier molecular flexibility index (Phi) is 5.67. The quantitative estimate of drug-likeness (QED) is 0.787. The van der Waals surface area contributed by atoms with Crippen LogP contribution in [0.25, 0.3) is 0 Å². The maximum atomic E-state index is 12.8. The summed E-state index contributed by atoms with van der Waals surface area (Å²) in [5, 5.41) is 5.34. The van der Waals surface area contributed by atoms with Gasteiger partial charge < -0.3 is 15.5 Å². The highest BCUT2D eigenvalue weighted by molar-refractivity contribution is 5.88. The zero-order chi connectivity index (χ0) is 16.8. The van der Waals surface area contributed by atoms with Crippen LogP contribution in [0.4, 0.5) is 4.39 Å². The molecule has 1 fully saturated rings. The van der Waals surface area contributed by atoms with Crippen molar-refractivity contribution in [3.8, 4) is 0 Å². The lowest BCUT2D eigenvalue weighted by molar-refractivity contribution is -0.132. The predicted octanol–water partition coefficient (Wildman–Crippen LogP) is 0.221. The average molecular weight is 321 g/mol. The molecule has 1 atom stereocenters. The minimum Gasteiger partial charge on any atom is -0.354 e. The van der Waals surface area contributed by atoms with E-state index in [0.29, 0.717) is 26.1 Å². The SMILES string of the molecule is CC(=O)NC1CCN(CCNC(=O)Cc2ccc(F)cc2)C1=O. The molecule has 2 N–H and O–H groups in total. The van der Waals surface area contributed by atoms with Gasteiger partial charge in [0, 0.05) is 26.6 Å². The lowest BCUT2D eigenvalue weighted by Gasteiger charge is -2.17. The standard InChI is InChI=1S/C16H20FN3O3/c1-11(21)19-14-6-8-20(16(14)23)9-7-18-15(22)10-12-2-4-13(17)5-3-12/h2-5,14H,6-10H2,1H3,(H,18,22)(H,19,21). The van der Waals surface area contributed by atoms with Crippen molar-refractivity contribution in [1.29, 1.82) is 0 Å². The van der Waals surface area contributed by atoms with Gasteiger partial charge in [-0.2, -0.15) is 0 Å². The number of carbonyl (C=O) groups is 3. The fourth-order valence-electron chi connectivity index (χ4n) is 2.52. The Labute approximate surface area is 134 Å². The van der Waals surface area contributed by atoms with Gasteiger partial charge in [0.1, 0.15) is 11.9 Å². The number of nitrogens with one attached hydrogen (secondary N) is 2. The fraction of sp³-hybridized carbons (Fsp3) is 0.438. The van der Waals surface area contributed by atoms with E-state index in [4.69, 9.17) is 0 Å². The minimum atomic E-state index is -0.456.